The van der Waals surface area contributed by atoms with Gasteiger partial charge in [0.1, 0.15) is 0 Å². The average Bonchev–Trinajstić information content (AvgIpc) is 2.24. The van der Waals surface area contributed by atoms with Crippen molar-refractivity contribution in [1.29, 1.82) is 0 Å². The summed E-state index contributed by atoms with van der Waals surface area (Å²) in [6.45, 7) is 7.75. The van der Waals surface area contributed by atoms with E-state index in [0.717, 1.165) is 19.3 Å². The zero-order valence-electron chi connectivity index (χ0n) is 11.7. The number of carbonyl (C=O) groups is 2. The van der Waals surface area contributed by atoms with Gasteiger partial charge in [0.25, 0.3) is 0 Å². The Bertz CT molecular complexity index is 291. The molecule has 0 aromatic rings. The van der Waals surface area contributed by atoms with Gasteiger partial charge in [-0.3, -0.25) is 14.5 Å². The molecule has 0 aromatic heterocycles. The first-order chi connectivity index (χ1) is 7.84. The largest absolute Gasteiger partial charge is 0.286 e. The van der Waals surface area contributed by atoms with Gasteiger partial charge in [-0.2, -0.15) is 0 Å². The number of carbonyl (C=O) groups excluding carboxylic acids is 2. The molecule has 0 radical (unpaired) electrons. The van der Waals surface area contributed by atoms with Gasteiger partial charge in [-0.05, 0) is 39.0 Å². The van der Waals surface area contributed by atoms with Crippen molar-refractivity contribution in [2.24, 2.45) is 5.92 Å². The van der Waals surface area contributed by atoms with E-state index >= 15 is 0 Å². The van der Waals surface area contributed by atoms with Crippen LogP contribution in [0.25, 0.3) is 0 Å². The lowest BCUT2D eigenvalue weighted by Gasteiger charge is -2.14. The van der Waals surface area contributed by atoms with E-state index in [0.29, 0.717) is 12.3 Å². The predicted molar refractivity (Wildman–Crippen MR) is 70.5 cm³/mol. The maximum absolute atomic E-state index is 11.6. The molecule has 0 spiro atoms. The van der Waals surface area contributed by atoms with E-state index < -0.39 is 0 Å². The molecule has 98 valence electrons. The molecular formula is C14H25NO2. The van der Waals surface area contributed by atoms with Gasteiger partial charge in [-0.1, -0.05) is 18.6 Å². The first-order valence-corrected chi connectivity index (χ1v) is 6.25. The standard InChI is InChI=1S/C14H25NO2/c1-11(2)7-6-8-12(3)9-10-14(17)15(5)13(4)16/h7,12H,6,8-10H2,1-5H3. The maximum atomic E-state index is 11.6. The van der Waals surface area contributed by atoms with Crippen molar-refractivity contribution in [1.82, 2.24) is 4.90 Å². The number of rotatable bonds is 6. The van der Waals surface area contributed by atoms with Gasteiger partial charge in [0.05, 0.1) is 0 Å². The third-order valence-electron chi connectivity index (χ3n) is 2.91. The SMILES string of the molecule is CC(=O)N(C)C(=O)CCC(C)CCC=C(C)C. The van der Waals surface area contributed by atoms with E-state index in [9.17, 15) is 9.59 Å². The van der Waals surface area contributed by atoms with Gasteiger partial charge >= 0.3 is 0 Å². The van der Waals surface area contributed by atoms with Gasteiger partial charge in [0.2, 0.25) is 11.8 Å². The van der Waals surface area contributed by atoms with Crippen molar-refractivity contribution in [3.8, 4) is 0 Å². The minimum Gasteiger partial charge on any atom is -0.286 e. The second kappa shape index (κ2) is 8.04. The quantitative estimate of drug-likeness (QED) is 0.668. The fourth-order valence-electron chi connectivity index (χ4n) is 1.51. The highest BCUT2D eigenvalue weighted by molar-refractivity contribution is 5.93. The molecule has 3 nitrogen and oxygen atoms in total. The number of imide groups is 1. The summed E-state index contributed by atoms with van der Waals surface area (Å²) in [7, 11) is 1.54. The van der Waals surface area contributed by atoms with Gasteiger partial charge < -0.3 is 0 Å². The highest BCUT2D eigenvalue weighted by Crippen LogP contribution is 2.14. The van der Waals surface area contributed by atoms with Crippen molar-refractivity contribution < 1.29 is 9.59 Å². The monoisotopic (exact) mass is 239 g/mol. The topological polar surface area (TPSA) is 37.4 Å². The molecule has 0 aliphatic rings. The summed E-state index contributed by atoms with van der Waals surface area (Å²) in [5, 5.41) is 0. The van der Waals surface area contributed by atoms with Crippen molar-refractivity contribution in [2.45, 2.75) is 53.4 Å². The van der Waals surface area contributed by atoms with Crippen LogP contribution in [0.4, 0.5) is 0 Å². The average molecular weight is 239 g/mol. The summed E-state index contributed by atoms with van der Waals surface area (Å²) >= 11 is 0. The molecule has 0 aliphatic carbocycles. The van der Waals surface area contributed by atoms with E-state index in [1.165, 1.54) is 17.4 Å². The molecule has 0 aliphatic heterocycles. The molecule has 17 heavy (non-hydrogen) atoms. The van der Waals surface area contributed by atoms with Crippen molar-refractivity contribution in [3.63, 3.8) is 0 Å². The smallest absolute Gasteiger partial charge is 0.228 e. The van der Waals surface area contributed by atoms with Crippen LogP contribution in [0.1, 0.15) is 53.4 Å². The molecular weight excluding hydrogens is 214 g/mol. The Kier molecular flexibility index (Phi) is 7.51. The molecule has 0 rings (SSSR count). The molecule has 0 fully saturated rings. The summed E-state index contributed by atoms with van der Waals surface area (Å²) in [4.78, 5) is 23.7. The lowest BCUT2D eigenvalue weighted by atomic mass is 9.99. The minimum absolute atomic E-state index is 0.0773. The Morgan fingerprint density at radius 1 is 1.18 bits per heavy atom. The molecule has 1 atom stereocenters. The molecule has 0 aromatic carbocycles. The molecule has 0 N–H and O–H groups in total. The minimum atomic E-state index is -0.188. The number of amides is 2. The van der Waals surface area contributed by atoms with E-state index in [-0.39, 0.29) is 11.8 Å². The first kappa shape index (κ1) is 15.9. The number of nitrogens with zero attached hydrogens (tertiary/aromatic N) is 1. The second-order valence-corrected chi connectivity index (χ2v) is 4.97. The van der Waals surface area contributed by atoms with Crippen LogP contribution in [0.3, 0.4) is 0 Å². The number of allylic oxidation sites excluding steroid dienone is 2. The van der Waals surface area contributed by atoms with Crippen LogP contribution < -0.4 is 0 Å². The van der Waals surface area contributed by atoms with Crippen molar-refractivity contribution in [3.05, 3.63) is 11.6 Å². The lowest BCUT2D eigenvalue weighted by Crippen LogP contribution is -2.31. The Labute approximate surface area is 105 Å². The summed E-state index contributed by atoms with van der Waals surface area (Å²) in [5.41, 5.74) is 1.34. The van der Waals surface area contributed by atoms with Crippen LogP contribution in [0, 0.1) is 5.92 Å². The van der Waals surface area contributed by atoms with Crippen LogP contribution in [0.15, 0.2) is 11.6 Å². The normalized spacial score (nSPS) is 11.8. The molecule has 0 saturated heterocycles. The zero-order chi connectivity index (χ0) is 13.4. The van der Waals surface area contributed by atoms with Crippen LogP contribution in [0.2, 0.25) is 0 Å². The van der Waals surface area contributed by atoms with Crippen molar-refractivity contribution in [2.75, 3.05) is 7.05 Å². The molecule has 0 heterocycles. The molecule has 2 amide bonds. The van der Waals surface area contributed by atoms with Gasteiger partial charge in [0.15, 0.2) is 0 Å². The zero-order valence-corrected chi connectivity index (χ0v) is 11.7. The predicted octanol–water partition coefficient (Wildman–Crippen LogP) is 3.15. The van der Waals surface area contributed by atoms with Gasteiger partial charge in [0, 0.05) is 20.4 Å². The Balaban J connectivity index is 3.84. The summed E-state index contributed by atoms with van der Waals surface area (Å²) in [6, 6.07) is 0. The van der Waals surface area contributed by atoms with Gasteiger partial charge in [-0.15, -0.1) is 0 Å². The highest BCUT2D eigenvalue weighted by atomic mass is 16.2. The Morgan fingerprint density at radius 2 is 1.76 bits per heavy atom. The van der Waals surface area contributed by atoms with Crippen LogP contribution in [-0.2, 0) is 9.59 Å². The van der Waals surface area contributed by atoms with Crippen LogP contribution in [-0.4, -0.2) is 23.8 Å². The fraction of sp³-hybridized carbons (Fsp3) is 0.714. The number of hydrogen-bond acceptors (Lipinski definition) is 2. The van der Waals surface area contributed by atoms with E-state index in [4.69, 9.17) is 0 Å². The van der Waals surface area contributed by atoms with Gasteiger partial charge in [-0.25, -0.2) is 0 Å². The number of hydrogen-bond donors (Lipinski definition) is 0. The molecule has 0 bridgehead atoms. The van der Waals surface area contributed by atoms with E-state index in [2.05, 4.69) is 26.8 Å². The van der Waals surface area contributed by atoms with E-state index in [1.54, 1.807) is 7.05 Å². The highest BCUT2D eigenvalue weighted by Gasteiger charge is 2.13. The molecule has 0 saturated carbocycles. The maximum Gasteiger partial charge on any atom is 0.228 e. The summed E-state index contributed by atoms with van der Waals surface area (Å²) in [6.07, 6.45) is 5.71. The second-order valence-electron chi connectivity index (χ2n) is 4.97. The van der Waals surface area contributed by atoms with Crippen LogP contribution in [0.5, 0.6) is 0 Å². The first-order valence-electron chi connectivity index (χ1n) is 6.25. The molecule has 1 unspecified atom stereocenters. The third-order valence-corrected chi connectivity index (χ3v) is 2.91. The van der Waals surface area contributed by atoms with Crippen molar-refractivity contribution >= 4 is 11.8 Å². The molecule has 3 heteroatoms. The van der Waals surface area contributed by atoms with Crippen LogP contribution >= 0.6 is 0 Å². The summed E-state index contributed by atoms with van der Waals surface area (Å²) < 4.78 is 0. The fourth-order valence-corrected chi connectivity index (χ4v) is 1.51. The Hall–Kier alpha value is -1.12. The summed E-state index contributed by atoms with van der Waals surface area (Å²) in [5.74, 6) is 0.258. The lowest BCUT2D eigenvalue weighted by molar-refractivity contribution is -0.141. The van der Waals surface area contributed by atoms with E-state index in [1.807, 2.05) is 0 Å². The Morgan fingerprint density at radius 3 is 2.24 bits per heavy atom. The third kappa shape index (κ3) is 7.72.